The predicted octanol–water partition coefficient (Wildman–Crippen LogP) is 6.63. The van der Waals surface area contributed by atoms with Gasteiger partial charge in [0.05, 0.1) is 5.56 Å². The van der Waals surface area contributed by atoms with Crippen LogP contribution in [-0.4, -0.2) is 12.1 Å². The van der Waals surface area contributed by atoms with E-state index < -0.39 is 0 Å². The summed E-state index contributed by atoms with van der Waals surface area (Å²) >= 11 is 0. The molecular formula is C27H28O2. The maximum absolute atomic E-state index is 12.3. The van der Waals surface area contributed by atoms with E-state index in [2.05, 4.69) is 60.7 Å². The van der Waals surface area contributed by atoms with Crippen molar-refractivity contribution in [2.24, 2.45) is 0 Å². The number of hydrogen-bond acceptors (Lipinski definition) is 2. The molecule has 0 spiro atoms. The molecule has 0 saturated heterocycles. The van der Waals surface area contributed by atoms with E-state index in [-0.39, 0.29) is 12.1 Å². The molecule has 4 rings (SSSR count). The third-order valence-corrected chi connectivity index (χ3v) is 5.78. The Labute approximate surface area is 173 Å². The standard InChI is InChI=1S/C27H28O2/c28-27(29-26-9-5-2-6-10-26)25-19-15-22(16-20-25)12-11-21-13-17-24(18-14-21)23-7-3-1-4-8-23/h1,3-4,7-8,13-20,26H,2,5-6,9-12H2. The number of aryl methyl sites for hydroxylation is 2. The van der Waals surface area contributed by atoms with Crippen LogP contribution in [0.5, 0.6) is 0 Å². The van der Waals surface area contributed by atoms with Gasteiger partial charge in [0, 0.05) is 0 Å². The molecule has 148 valence electrons. The quantitative estimate of drug-likeness (QED) is 0.446. The van der Waals surface area contributed by atoms with Crippen molar-refractivity contribution in [1.29, 1.82) is 0 Å². The van der Waals surface area contributed by atoms with Crippen LogP contribution >= 0.6 is 0 Å². The normalized spacial score (nSPS) is 14.5. The molecule has 1 fully saturated rings. The van der Waals surface area contributed by atoms with Crippen molar-refractivity contribution in [3.63, 3.8) is 0 Å². The highest BCUT2D eigenvalue weighted by Gasteiger charge is 2.18. The van der Waals surface area contributed by atoms with Crippen LogP contribution in [0.15, 0.2) is 78.9 Å². The molecule has 1 aliphatic rings. The van der Waals surface area contributed by atoms with Gasteiger partial charge in [-0.05, 0) is 72.9 Å². The first kappa shape index (κ1) is 19.4. The van der Waals surface area contributed by atoms with E-state index in [1.165, 1.54) is 41.5 Å². The minimum absolute atomic E-state index is 0.106. The lowest BCUT2D eigenvalue weighted by Crippen LogP contribution is -2.20. The number of rotatable bonds is 6. The van der Waals surface area contributed by atoms with Crippen LogP contribution in [0.3, 0.4) is 0 Å². The van der Waals surface area contributed by atoms with Gasteiger partial charge in [-0.2, -0.15) is 0 Å². The summed E-state index contributed by atoms with van der Waals surface area (Å²) in [5.41, 5.74) is 5.72. The lowest BCUT2D eigenvalue weighted by molar-refractivity contribution is 0.0211. The van der Waals surface area contributed by atoms with Gasteiger partial charge in [-0.3, -0.25) is 0 Å². The molecule has 1 aliphatic carbocycles. The summed E-state index contributed by atoms with van der Waals surface area (Å²) in [5, 5.41) is 0. The van der Waals surface area contributed by atoms with Gasteiger partial charge in [-0.1, -0.05) is 73.2 Å². The van der Waals surface area contributed by atoms with Crippen LogP contribution in [0.25, 0.3) is 11.1 Å². The second-order valence-electron chi connectivity index (χ2n) is 7.93. The van der Waals surface area contributed by atoms with E-state index in [1.807, 2.05) is 18.2 Å². The van der Waals surface area contributed by atoms with Gasteiger partial charge in [0.15, 0.2) is 0 Å². The number of carbonyl (C=O) groups excluding carboxylic acids is 1. The Morgan fingerprint density at radius 1 is 0.690 bits per heavy atom. The van der Waals surface area contributed by atoms with Crippen LogP contribution < -0.4 is 0 Å². The highest BCUT2D eigenvalue weighted by molar-refractivity contribution is 5.89. The zero-order chi connectivity index (χ0) is 19.9. The zero-order valence-electron chi connectivity index (χ0n) is 16.8. The SMILES string of the molecule is O=C(OC1CCCCC1)c1ccc(CCc2ccc(-c3ccccc3)cc2)cc1. The smallest absolute Gasteiger partial charge is 0.338 e. The first-order chi connectivity index (χ1) is 14.3. The van der Waals surface area contributed by atoms with Crippen molar-refractivity contribution < 1.29 is 9.53 Å². The fourth-order valence-electron chi connectivity index (χ4n) is 3.99. The van der Waals surface area contributed by atoms with Gasteiger partial charge in [-0.15, -0.1) is 0 Å². The van der Waals surface area contributed by atoms with Crippen molar-refractivity contribution in [1.82, 2.24) is 0 Å². The van der Waals surface area contributed by atoms with Gasteiger partial charge in [0.2, 0.25) is 0 Å². The van der Waals surface area contributed by atoms with Crippen molar-refractivity contribution in [2.75, 3.05) is 0 Å². The first-order valence-electron chi connectivity index (χ1n) is 10.7. The predicted molar refractivity (Wildman–Crippen MR) is 118 cm³/mol. The molecule has 0 bridgehead atoms. The molecule has 3 aromatic rings. The maximum atomic E-state index is 12.3. The Morgan fingerprint density at radius 3 is 1.86 bits per heavy atom. The number of esters is 1. The summed E-state index contributed by atoms with van der Waals surface area (Å²) < 4.78 is 5.66. The van der Waals surface area contributed by atoms with Gasteiger partial charge in [0.1, 0.15) is 6.10 Å². The molecule has 0 unspecified atom stereocenters. The second kappa shape index (κ2) is 9.56. The summed E-state index contributed by atoms with van der Waals surface area (Å²) in [5.74, 6) is -0.181. The van der Waals surface area contributed by atoms with E-state index in [9.17, 15) is 4.79 Å². The third-order valence-electron chi connectivity index (χ3n) is 5.78. The van der Waals surface area contributed by atoms with E-state index in [1.54, 1.807) is 0 Å². The van der Waals surface area contributed by atoms with E-state index in [0.29, 0.717) is 5.56 Å². The molecule has 2 heteroatoms. The fraction of sp³-hybridized carbons (Fsp3) is 0.296. The molecule has 0 radical (unpaired) electrons. The Balaban J connectivity index is 1.30. The Kier molecular flexibility index (Phi) is 6.41. The van der Waals surface area contributed by atoms with Crippen LogP contribution in [0.4, 0.5) is 0 Å². The van der Waals surface area contributed by atoms with E-state index in [0.717, 1.165) is 25.7 Å². The monoisotopic (exact) mass is 384 g/mol. The molecule has 0 N–H and O–H groups in total. The fourth-order valence-corrected chi connectivity index (χ4v) is 3.99. The average Bonchev–Trinajstić information content (AvgIpc) is 2.80. The lowest BCUT2D eigenvalue weighted by Gasteiger charge is -2.21. The summed E-state index contributed by atoms with van der Waals surface area (Å²) in [7, 11) is 0. The average molecular weight is 385 g/mol. The molecule has 0 heterocycles. The van der Waals surface area contributed by atoms with Crippen LogP contribution in [0.2, 0.25) is 0 Å². The lowest BCUT2D eigenvalue weighted by atomic mass is 9.97. The highest BCUT2D eigenvalue weighted by Crippen LogP contribution is 2.22. The molecule has 2 nitrogen and oxygen atoms in total. The summed E-state index contributed by atoms with van der Waals surface area (Å²) in [6, 6.07) is 27.1. The van der Waals surface area contributed by atoms with Gasteiger partial charge in [0.25, 0.3) is 0 Å². The van der Waals surface area contributed by atoms with E-state index >= 15 is 0 Å². The number of carbonyl (C=O) groups is 1. The largest absolute Gasteiger partial charge is 0.459 e. The molecule has 1 saturated carbocycles. The maximum Gasteiger partial charge on any atom is 0.338 e. The third kappa shape index (κ3) is 5.35. The topological polar surface area (TPSA) is 26.3 Å². The molecule has 0 atom stereocenters. The number of benzene rings is 3. The van der Waals surface area contributed by atoms with E-state index in [4.69, 9.17) is 4.74 Å². The first-order valence-corrected chi connectivity index (χ1v) is 10.7. The Hall–Kier alpha value is -2.87. The molecule has 0 amide bonds. The van der Waals surface area contributed by atoms with Crippen molar-refractivity contribution >= 4 is 5.97 Å². The molecular weight excluding hydrogens is 356 g/mol. The van der Waals surface area contributed by atoms with Gasteiger partial charge < -0.3 is 4.74 Å². The number of ether oxygens (including phenoxy) is 1. The van der Waals surface area contributed by atoms with Crippen LogP contribution in [0.1, 0.15) is 53.6 Å². The zero-order valence-corrected chi connectivity index (χ0v) is 16.8. The van der Waals surface area contributed by atoms with Crippen LogP contribution in [0, 0.1) is 0 Å². The number of hydrogen-bond donors (Lipinski definition) is 0. The van der Waals surface area contributed by atoms with Crippen molar-refractivity contribution in [3.8, 4) is 11.1 Å². The molecule has 29 heavy (non-hydrogen) atoms. The molecule has 0 aromatic heterocycles. The second-order valence-corrected chi connectivity index (χ2v) is 7.93. The van der Waals surface area contributed by atoms with Crippen molar-refractivity contribution in [3.05, 3.63) is 95.6 Å². The minimum Gasteiger partial charge on any atom is -0.459 e. The minimum atomic E-state index is -0.181. The summed E-state index contributed by atoms with van der Waals surface area (Å²) in [4.78, 5) is 12.3. The molecule has 3 aromatic carbocycles. The van der Waals surface area contributed by atoms with Crippen molar-refractivity contribution in [2.45, 2.75) is 51.0 Å². The Morgan fingerprint density at radius 2 is 1.24 bits per heavy atom. The highest BCUT2D eigenvalue weighted by atomic mass is 16.5. The van der Waals surface area contributed by atoms with Gasteiger partial charge in [-0.25, -0.2) is 4.79 Å². The molecule has 0 aliphatic heterocycles. The Bertz CT molecular complexity index is 905. The van der Waals surface area contributed by atoms with Gasteiger partial charge >= 0.3 is 5.97 Å². The summed E-state index contributed by atoms with van der Waals surface area (Å²) in [6.07, 6.45) is 7.67. The summed E-state index contributed by atoms with van der Waals surface area (Å²) in [6.45, 7) is 0. The van der Waals surface area contributed by atoms with Crippen LogP contribution in [-0.2, 0) is 17.6 Å².